The summed E-state index contributed by atoms with van der Waals surface area (Å²) in [4.78, 5) is 4.44. The average Bonchev–Trinajstić information content (AvgIpc) is 3.14. The number of alkyl halides is 3. The van der Waals surface area contributed by atoms with Crippen LogP contribution < -0.4 is 5.73 Å². The molecule has 0 aliphatic heterocycles. The van der Waals surface area contributed by atoms with E-state index < -0.39 is 11.7 Å². The van der Waals surface area contributed by atoms with Crippen LogP contribution in [0.25, 0.3) is 11.3 Å². The Labute approximate surface area is 120 Å². The van der Waals surface area contributed by atoms with E-state index in [4.69, 9.17) is 5.73 Å². The van der Waals surface area contributed by atoms with Crippen molar-refractivity contribution in [3.05, 3.63) is 53.2 Å². The summed E-state index contributed by atoms with van der Waals surface area (Å²) in [7, 11) is 0. The molecule has 110 valence electrons. The lowest BCUT2D eigenvalue weighted by Gasteiger charge is -2.10. The van der Waals surface area contributed by atoms with Crippen LogP contribution in [0.4, 0.5) is 13.2 Å². The molecule has 0 amide bonds. The Bertz CT molecular complexity index is 679. The molecular weight excluding hydrogens is 277 g/mol. The second-order valence-corrected chi connectivity index (χ2v) is 5.46. The molecule has 1 aromatic heterocycles. The molecule has 1 heterocycles. The molecule has 3 rings (SSSR count). The van der Waals surface area contributed by atoms with Gasteiger partial charge in [-0.1, -0.05) is 18.2 Å². The molecule has 0 spiro atoms. The molecule has 0 radical (unpaired) electrons. The lowest BCUT2D eigenvalue weighted by atomic mass is 10.0. The third kappa shape index (κ3) is 2.78. The zero-order valence-electron chi connectivity index (χ0n) is 11.5. The zero-order chi connectivity index (χ0) is 15.2. The van der Waals surface area contributed by atoms with E-state index in [-0.39, 0.29) is 6.04 Å². The van der Waals surface area contributed by atoms with Crippen LogP contribution in [0.15, 0.2) is 36.4 Å². The van der Waals surface area contributed by atoms with Crippen LogP contribution in [0.5, 0.6) is 0 Å². The number of halogens is 3. The van der Waals surface area contributed by atoms with Crippen LogP contribution in [0, 0.1) is 6.92 Å². The largest absolute Gasteiger partial charge is 0.416 e. The summed E-state index contributed by atoms with van der Waals surface area (Å²) in [6.45, 7) is 1.87. The number of hydrogen-bond donors (Lipinski definition) is 1. The topological polar surface area (TPSA) is 38.9 Å². The third-order valence-corrected chi connectivity index (χ3v) is 3.85. The Morgan fingerprint density at radius 3 is 2.48 bits per heavy atom. The fraction of sp³-hybridized carbons (Fsp3) is 0.312. The smallest absolute Gasteiger partial charge is 0.327 e. The van der Waals surface area contributed by atoms with E-state index in [1.54, 1.807) is 12.1 Å². The van der Waals surface area contributed by atoms with Crippen LogP contribution in [0.3, 0.4) is 0 Å². The van der Waals surface area contributed by atoms with Gasteiger partial charge >= 0.3 is 6.18 Å². The molecule has 1 aromatic carbocycles. The van der Waals surface area contributed by atoms with Crippen molar-refractivity contribution in [3.63, 3.8) is 0 Å². The Kier molecular flexibility index (Phi) is 3.24. The summed E-state index contributed by atoms with van der Waals surface area (Å²) in [6, 6.07) is 9.11. The minimum Gasteiger partial charge on any atom is -0.327 e. The van der Waals surface area contributed by atoms with Gasteiger partial charge in [-0.15, -0.1) is 0 Å². The van der Waals surface area contributed by atoms with Crippen LogP contribution in [-0.2, 0) is 6.18 Å². The molecule has 1 fully saturated rings. The van der Waals surface area contributed by atoms with Gasteiger partial charge in [-0.25, -0.2) is 0 Å². The summed E-state index contributed by atoms with van der Waals surface area (Å²) >= 11 is 0. The Morgan fingerprint density at radius 2 is 1.90 bits per heavy atom. The van der Waals surface area contributed by atoms with Crippen LogP contribution in [-0.4, -0.2) is 11.0 Å². The van der Waals surface area contributed by atoms with Crippen molar-refractivity contribution in [1.82, 2.24) is 4.98 Å². The fourth-order valence-electron chi connectivity index (χ4n) is 2.55. The van der Waals surface area contributed by atoms with Gasteiger partial charge in [0, 0.05) is 23.2 Å². The summed E-state index contributed by atoms with van der Waals surface area (Å²) in [5.41, 5.74) is 8.13. The van der Waals surface area contributed by atoms with E-state index in [0.29, 0.717) is 17.2 Å². The summed E-state index contributed by atoms with van der Waals surface area (Å²) < 4.78 is 38.2. The normalized spacial score (nSPS) is 21.4. The quantitative estimate of drug-likeness (QED) is 0.912. The van der Waals surface area contributed by atoms with Gasteiger partial charge in [0.2, 0.25) is 0 Å². The summed E-state index contributed by atoms with van der Waals surface area (Å²) in [5.74, 6) is 0.341. The fourth-order valence-corrected chi connectivity index (χ4v) is 2.55. The Hall–Kier alpha value is -1.88. The molecule has 1 aliphatic carbocycles. The highest BCUT2D eigenvalue weighted by Crippen LogP contribution is 2.40. The SMILES string of the molecule is Cc1nc(-c2cccc(C(F)(F)F)c2)ccc1C1CC1N. The van der Waals surface area contributed by atoms with Gasteiger partial charge < -0.3 is 5.73 Å². The maximum atomic E-state index is 12.7. The molecule has 2 nitrogen and oxygen atoms in total. The number of hydrogen-bond acceptors (Lipinski definition) is 2. The molecule has 1 saturated carbocycles. The second kappa shape index (κ2) is 4.84. The number of aromatic nitrogens is 1. The van der Waals surface area contributed by atoms with Gasteiger partial charge in [0.05, 0.1) is 11.3 Å². The molecule has 2 unspecified atom stereocenters. The molecule has 21 heavy (non-hydrogen) atoms. The van der Waals surface area contributed by atoms with Crippen molar-refractivity contribution in [2.24, 2.45) is 5.73 Å². The molecular formula is C16H15F3N2. The van der Waals surface area contributed by atoms with E-state index in [1.165, 1.54) is 6.07 Å². The molecule has 2 N–H and O–H groups in total. The standard InChI is InChI=1S/C16H15F3N2/c1-9-12(13-8-14(13)20)5-6-15(21-9)10-3-2-4-11(7-10)16(17,18)19/h2-7,13-14H,8,20H2,1H3. The molecule has 1 aliphatic rings. The number of pyridine rings is 1. The lowest BCUT2D eigenvalue weighted by Crippen LogP contribution is -2.05. The van der Waals surface area contributed by atoms with Crippen molar-refractivity contribution in [2.45, 2.75) is 31.5 Å². The maximum Gasteiger partial charge on any atom is 0.416 e. The first-order valence-corrected chi connectivity index (χ1v) is 6.77. The van der Waals surface area contributed by atoms with Gasteiger partial charge in [0.1, 0.15) is 0 Å². The molecule has 5 heteroatoms. The first-order valence-electron chi connectivity index (χ1n) is 6.77. The third-order valence-electron chi connectivity index (χ3n) is 3.85. The molecule has 0 bridgehead atoms. The predicted octanol–water partition coefficient (Wildman–Crippen LogP) is 3.89. The zero-order valence-corrected chi connectivity index (χ0v) is 11.5. The van der Waals surface area contributed by atoms with Gasteiger partial charge in [-0.3, -0.25) is 4.98 Å². The van der Waals surface area contributed by atoms with E-state index in [9.17, 15) is 13.2 Å². The minimum atomic E-state index is -4.34. The number of nitrogens with zero attached hydrogens (tertiary/aromatic N) is 1. The Morgan fingerprint density at radius 1 is 1.19 bits per heavy atom. The summed E-state index contributed by atoms with van der Waals surface area (Å²) in [5, 5.41) is 0. The van der Waals surface area contributed by atoms with Crippen LogP contribution in [0.1, 0.15) is 29.2 Å². The highest BCUT2D eigenvalue weighted by molar-refractivity contribution is 5.61. The number of benzene rings is 1. The van der Waals surface area contributed by atoms with E-state index in [0.717, 1.165) is 29.8 Å². The van der Waals surface area contributed by atoms with Crippen LogP contribution in [0.2, 0.25) is 0 Å². The highest BCUT2D eigenvalue weighted by atomic mass is 19.4. The van der Waals surface area contributed by atoms with E-state index in [1.807, 2.05) is 13.0 Å². The van der Waals surface area contributed by atoms with Gasteiger partial charge in [-0.05, 0) is 37.1 Å². The lowest BCUT2D eigenvalue weighted by molar-refractivity contribution is -0.137. The van der Waals surface area contributed by atoms with E-state index in [2.05, 4.69) is 4.98 Å². The molecule has 2 atom stereocenters. The van der Waals surface area contributed by atoms with Crippen molar-refractivity contribution in [1.29, 1.82) is 0 Å². The average molecular weight is 292 g/mol. The second-order valence-electron chi connectivity index (χ2n) is 5.46. The van der Waals surface area contributed by atoms with Gasteiger partial charge in [0.25, 0.3) is 0 Å². The monoisotopic (exact) mass is 292 g/mol. The number of aryl methyl sites for hydroxylation is 1. The van der Waals surface area contributed by atoms with Crippen molar-refractivity contribution < 1.29 is 13.2 Å². The van der Waals surface area contributed by atoms with E-state index >= 15 is 0 Å². The Balaban J connectivity index is 1.96. The van der Waals surface area contributed by atoms with Gasteiger partial charge in [-0.2, -0.15) is 13.2 Å². The number of rotatable bonds is 2. The highest BCUT2D eigenvalue weighted by Gasteiger charge is 2.36. The van der Waals surface area contributed by atoms with Crippen LogP contribution >= 0.6 is 0 Å². The van der Waals surface area contributed by atoms with Crippen molar-refractivity contribution in [2.75, 3.05) is 0 Å². The molecule has 0 saturated heterocycles. The van der Waals surface area contributed by atoms with Crippen molar-refractivity contribution >= 4 is 0 Å². The predicted molar refractivity (Wildman–Crippen MR) is 74.7 cm³/mol. The first-order chi connectivity index (χ1) is 9.86. The van der Waals surface area contributed by atoms with Gasteiger partial charge in [0.15, 0.2) is 0 Å². The maximum absolute atomic E-state index is 12.7. The summed E-state index contributed by atoms with van der Waals surface area (Å²) in [6.07, 6.45) is -3.39. The molecule has 2 aromatic rings. The first kappa shape index (κ1) is 14.1. The van der Waals surface area contributed by atoms with Crippen molar-refractivity contribution in [3.8, 4) is 11.3 Å². The minimum absolute atomic E-state index is 0.185. The number of nitrogens with two attached hydrogens (primary N) is 1.